The Morgan fingerprint density at radius 2 is 2.04 bits per heavy atom. The van der Waals surface area contributed by atoms with E-state index in [1.54, 1.807) is 19.1 Å². The van der Waals surface area contributed by atoms with Crippen LogP contribution in [0.5, 0.6) is 0 Å². The molecule has 1 fully saturated rings. The number of carbonyl (C=O) groups is 1. The van der Waals surface area contributed by atoms with Crippen LogP contribution in [0.2, 0.25) is 0 Å². The number of nitrogens with zero attached hydrogens (tertiary/aromatic N) is 1. The summed E-state index contributed by atoms with van der Waals surface area (Å²) in [4.78, 5) is 12.2. The maximum absolute atomic E-state index is 13.1. The summed E-state index contributed by atoms with van der Waals surface area (Å²) >= 11 is 0. The average Bonchev–Trinajstić information content (AvgIpc) is 3.34. The second kappa shape index (κ2) is 7.10. The summed E-state index contributed by atoms with van der Waals surface area (Å²) in [6.45, 7) is 6.20. The van der Waals surface area contributed by atoms with Gasteiger partial charge in [-0.1, -0.05) is 26.0 Å². The number of hydrogen-bond acceptors (Lipinski definition) is 2. The topological polar surface area (TPSA) is 69.5 Å². The number of rotatable bonds is 7. The second-order valence-corrected chi connectivity index (χ2v) is 6.90. The molecule has 0 heterocycles. The van der Waals surface area contributed by atoms with Crippen LogP contribution in [0.4, 0.5) is 4.39 Å². The third-order valence-corrected chi connectivity index (χ3v) is 4.56. The lowest BCUT2D eigenvalue weighted by Gasteiger charge is -2.24. The quantitative estimate of drug-likeness (QED) is 0.806. The van der Waals surface area contributed by atoms with Gasteiger partial charge in [0.1, 0.15) is 17.4 Å². The normalized spacial score (nSPS) is 18.1. The van der Waals surface area contributed by atoms with Crippen molar-refractivity contribution in [3.05, 3.63) is 35.6 Å². The van der Waals surface area contributed by atoms with Crippen LogP contribution in [0.3, 0.4) is 0 Å². The number of nitrogens with two attached hydrogens (primary N) is 1. The Morgan fingerprint density at radius 1 is 1.43 bits per heavy atom. The molecule has 0 unspecified atom stereocenters. The number of amides is 1. The van der Waals surface area contributed by atoms with E-state index >= 15 is 0 Å². The number of carbonyl (C=O) groups excluding carboxylic acids is 1. The number of hydrogen-bond donors (Lipinski definition) is 2. The Hall–Kier alpha value is -1.93. The number of benzene rings is 1. The van der Waals surface area contributed by atoms with Gasteiger partial charge in [-0.3, -0.25) is 4.79 Å². The molecule has 5 heteroatoms. The van der Waals surface area contributed by atoms with Crippen LogP contribution in [0.15, 0.2) is 24.3 Å². The third-order valence-electron chi connectivity index (χ3n) is 4.56. The minimum atomic E-state index is -0.756. The van der Waals surface area contributed by atoms with Gasteiger partial charge in [-0.15, -0.1) is 0 Å². The van der Waals surface area contributed by atoms with Crippen molar-refractivity contribution in [2.24, 2.45) is 11.8 Å². The Morgan fingerprint density at radius 3 is 2.52 bits per heavy atom. The number of quaternary nitrogens is 1. The van der Waals surface area contributed by atoms with Gasteiger partial charge in [-0.05, 0) is 37.8 Å². The van der Waals surface area contributed by atoms with Crippen LogP contribution in [0.1, 0.15) is 45.2 Å². The molecule has 23 heavy (non-hydrogen) atoms. The zero-order valence-electron chi connectivity index (χ0n) is 14.0. The van der Waals surface area contributed by atoms with E-state index in [2.05, 4.69) is 25.2 Å². The SMILES string of the molecule is CC(C)[C@@H]([NH2+]CC(=O)N[C@](C)(C#N)C1CC1)c1ccc(F)cc1. The monoisotopic (exact) mass is 318 g/mol. The molecule has 1 aromatic carbocycles. The van der Waals surface area contributed by atoms with Gasteiger partial charge < -0.3 is 10.6 Å². The van der Waals surface area contributed by atoms with Gasteiger partial charge in [-0.2, -0.15) is 5.26 Å². The van der Waals surface area contributed by atoms with E-state index in [1.165, 1.54) is 12.1 Å². The molecule has 0 saturated heterocycles. The van der Waals surface area contributed by atoms with E-state index in [-0.39, 0.29) is 30.2 Å². The lowest BCUT2D eigenvalue weighted by Crippen LogP contribution is -2.88. The molecular weight excluding hydrogens is 293 g/mol. The molecule has 0 aliphatic heterocycles. The van der Waals surface area contributed by atoms with Crippen molar-refractivity contribution >= 4 is 5.91 Å². The molecule has 3 N–H and O–H groups in total. The largest absolute Gasteiger partial charge is 0.333 e. The van der Waals surface area contributed by atoms with Gasteiger partial charge in [0.2, 0.25) is 0 Å². The predicted octanol–water partition coefficient (Wildman–Crippen LogP) is 1.89. The fourth-order valence-electron chi connectivity index (χ4n) is 2.93. The molecule has 0 bridgehead atoms. The maximum atomic E-state index is 13.1. The van der Waals surface area contributed by atoms with Crippen LogP contribution in [-0.2, 0) is 4.79 Å². The standard InChI is InChI=1S/C18H24FN3O/c1-12(2)17(13-4-8-15(19)9-5-13)21-10-16(23)22-18(3,11-20)14-6-7-14/h4-5,8-9,12,14,17,21H,6-7,10H2,1-3H3,(H,22,23)/p+1/t17-,18-/m1/s1. The van der Waals surface area contributed by atoms with Crippen LogP contribution >= 0.6 is 0 Å². The molecule has 124 valence electrons. The van der Waals surface area contributed by atoms with Gasteiger partial charge in [0.05, 0.1) is 6.07 Å². The molecule has 2 atom stereocenters. The summed E-state index contributed by atoms with van der Waals surface area (Å²) < 4.78 is 13.1. The van der Waals surface area contributed by atoms with Gasteiger partial charge in [0.25, 0.3) is 5.91 Å². The van der Waals surface area contributed by atoms with Gasteiger partial charge in [0, 0.05) is 11.5 Å². The van der Waals surface area contributed by atoms with Crippen molar-refractivity contribution < 1.29 is 14.5 Å². The Kier molecular flexibility index (Phi) is 5.38. The predicted molar refractivity (Wildman–Crippen MR) is 85.7 cm³/mol. The van der Waals surface area contributed by atoms with Crippen molar-refractivity contribution in [2.75, 3.05) is 6.54 Å². The van der Waals surface area contributed by atoms with E-state index in [0.29, 0.717) is 5.92 Å². The van der Waals surface area contributed by atoms with E-state index in [9.17, 15) is 14.4 Å². The highest BCUT2D eigenvalue weighted by Crippen LogP contribution is 2.39. The molecule has 1 aromatic rings. The fraction of sp³-hybridized carbons (Fsp3) is 0.556. The Balaban J connectivity index is 1.95. The maximum Gasteiger partial charge on any atom is 0.276 e. The van der Waals surface area contributed by atoms with Gasteiger partial charge in [0.15, 0.2) is 6.54 Å². The lowest BCUT2D eigenvalue weighted by atomic mass is 9.95. The second-order valence-electron chi connectivity index (χ2n) is 6.90. The Labute approximate surface area is 137 Å². The fourth-order valence-corrected chi connectivity index (χ4v) is 2.93. The lowest BCUT2D eigenvalue weighted by molar-refractivity contribution is -0.692. The number of halogens is 1. The molecule has 0 aromatic heterocycles. The molecule has 0 radical (unpaired) electrons. The Bertz CT molecular complexity index is 589. The first-order chi connectivity index (χ1) is 10.9. The minimum absolute atomic E-state index is 0.0793. The molecule has 0 spiro atoms. The van der Waals surface area contributed by atoms with E-state index in [0.717, 1.165) is 18.4 Å². The highest BCUT2D eigenvalue weighted by Gasteiger charge is 2.43. The minimum Gasteiger partial charge on any atom is -0.333 e. The molecular formula is C18H25FN3O+. The van der Waals surface area contributed by atoms with Crippen molar-refractivity contribution in [3.8, 4) is 6.07 Å². The summed E-state index contributed by atoms with van der Waals surface area (Å²) in [5.74, 6) is 0.186. The first kappa shape index (κ1) is 17.4. The first-order valence-corrected chi connectivity index (χ1v) is 8.17. The molecule has 1 aliphatic rings. The highest BCUT2D eigenvalue weighted by molar-refractivity contribution is 5.78. The van der Waals surface area contributed by atoms with Gasteiger partial charge >= 0.3 is 0 Å². The van der Waals surface area contributed by atoms with Crippen molar-refractivity contribution in [1.29, 1.82) is 5.26 Å². The molecule has 1 aliphatic carbocycles. The smallest absolute Gasteiger partial charge is 0.276 e. The molecule has 4 nitrogen and oxygen atoms in total. The molecule has 2 rings (SSSR count). The summed E-state index contributed by atoms with van der Waals surface area (Å²) in [7, 11) is 0. The van der Waals surface area contributed by atoms with E-state index in [1.807, 2.05) is 5.32 Å². The summed E-state index contributed by atoms with van der Waals surface area (Å²) in [5, 5.41) is 14.1. The third kappa shape index (κ3) is 4.52. The average molecular weight is 318 g/mol. The van der Waals surface area contributed by atoms with E-state index in [4.69, 9.17) is 0 Å². The molecule has 1 amide bonds. The van der Waals surface area contributed by atoms with Crippen molar-refractivity contribution in [2.45, 2.75) is 45.2 Å². The van der Waals surface area contributed by atoms with Crippen LogP contribution in [0.25, 0.3) is 0 Å². The summed E-state index contributed by atoms with van der Waals surface area (Å²) in [6, 6.07) is 8.72. The highest BCUT2D eigenvalue weighted by atomic mass is 19.1. The van der Waals surface area contributed by atoms with Crippen molar-refractivity contribution in [1.82, 2.24) is 5.32 Å². The zero-order chi connectivity index (χ0) is 17.0. The summed E-state index contributed by atoms with van der Waals surface area (Å²) in [6.07, 6.45) is 2.00. The zero-order valence-corrected chi connectivity index (χ0v) is 14.0. The van der Waals surface area contributed by atoms with Gasteiger partial charge in [-0.25, -0.2) is 4.39 Å². The number of nitrogens with one attached hydrogen (secondary N) is 1. The number of nitriles is 1. The van der Waals surface area contributed by atoms with Crippen LogP contribution in [0, 0.1) is 29.0 Å². The first-order valence-electron chi connectivity index (χ1n) is 8.17. The molecule has 1 saturated carbocycles. The van der Waals surface area contributed by atoms with E-state index < -0.39 is 5.54 Å². The van der Waals surface area contributed by atoms with Crippen LogP contribution in [-0.4, -0.2) is 18.0 Å². The summed E-state index contributed by atoms with van der Waals surface area (Å²) in [5.41, 5.74) is 0.244. The van der Waals surface area contributed by atoms with Crippen LogP contribution < -0.4 is 10.6 Å². The van der Waals surface area contributed by atoms with Crippen molar-refractivity contribution in [3.63, 3.8) is 0 Å².